The van der Waals surface area contributed by atoms with Crippen LogP contribution in [0.25, 0.3) is 0 Å². The van der Waals surface area contributed by atoms with Crippen LogP contribution < -0.4 is 15.4 Å². The number of nitrogens with zero attached hydrogens (tertiary/aromatic N) is 2. The molecule has 2 N–H and O–H groups in total. The second-order valence-corrected chi connectivity index (χ2v) is 8.50. The number of ether oxygens (including phenoxy) is 1. The van der Waals surface area contributed by atoms with Crippen LogP contribution in [0, 0.1) is 12.8 Å². The van der Waals surface area contributed by atoms with Crippen molar-refractivity contribution in [3.63, 3.8) is 0 Å². The number of fused-ring (bicyclic) bond motifs is 1. The molecule has 9 heteroatoms. The van der Waals surface area contributed by atoms with Gasteiger partial charge in [-0.2, -0.15) is 0 Å². The van der Waals surface area contributed by atoms with E-state index in [1.807, 2.05) is 6.92 Å². The average molecular weight is 435 g/mol. The zero-order chi connectivity index (χ0) is 20.6. The molecule has 5 rings (SSSR count). The van der Waals surface area contributed by atoms with Crippen molar-refractivity contribution < 1.29 is 14.3 Å². The number of aryl methyl sites for hydroxylation is 1. The molecule has 3 aliphatic carbocycles. The molecule has 1 heterocycles. The monoisotopic (exact) mass is 434 g/mol. The maximum absolute atomic E-state index is 12.4. The van der Waals surface area contributed by atoms with Crippen molar-refractivity contribution in [1.29, 1.82) is 0 Å². The van der Waals surface area contributed by atoms with Crippen LogP contribution in [0.4, 0.5) is 0 Å². The standard InChI is InChI=1S/C20H20Cl2N4O3/c1-11-8-24-17(9-23-11)19(28)25-16-7-20(5-12(16)6-20)26-18(27)10-29-13-2-3-14(21)15(22)4-13/h2-4,8-9,12,16H,5-7,10H2,1H3,(H,25,28)(H,26,27). The fraction of sp³-hybridized carbons (Fsp3) is 0.400. The van der Waals surface area contributed by atoms with Gasteiger partial charge in [-0.1, -0.05) is 23.2 Å². The van der Waals surface area contributed by atoms with E-state index in [0.717, 1.165) is 18.5 Å². The third kappa shape index (κ3) is 4.31. The number of hydrogen-bond acceptors (Lipinski definition) is 5. The van der Waals surface area contributed by atoms with Crippen molar-refractivity contribution in [3.05, 3.63) is 52.0 Å². The highest BCUT2D eigenvalue weighted by molar-refractivity contribution is 6.42. The molecule has 0 spiro atoms. The Kier molecular flexibility index (Phi) is 5.36. The first-order valence-electron chi connectivity index (χ1n) is 9.32. The molecule has 1 atom stereocenters. The van der Waals surface area contributed by atoms with Crippen LogP contribution >= 0.6 is 23.2 Å². The molecule has 2 aromatic rings. The molecule has 1 unspecified atom stereocenters. The molecule has 2 amide bonds. The van der Waals surface area contributed by atoms with Crippen LogP contribution in [0.1, 0.15) is 35.4 Å². The fourth-order valence-electron chi connectivity index (χ4n) is 4.10. The summed E-state index contributed by atoms with van der Waals surface area (Å²) in [6, 6.07) is 4.87. The number of carbonyl (C=O) groups excluding carboxylic acids is 2. The van der Waals surface area contributed by atoms with E-state index in [9.17, 15) is 9.59 Å². The Balaban J connectivity index is 1.27. The van der Waals surface area contributed by atoms with Crippen molar-refractivity contribution in [1.82, 2.24) is 20.6 Å². The van der Waals surface area contributed by atoms with Gasteiger partial charge in [0.05, 0.1) is 21.9 Å². The van der Waals surface area contributed by atoms with E-state index in [4.69, 9.17) is 27.9 Å². The number of aromatic nitrogens is 2. The van der Waals surface area contributed by atoms with Crippen LogP contribution in [0.2, 0.25) is 10.0 Å². The first-order valence-corrected chi connectivity index (χ1v) is 10.1. The number of carbonyl (C=O) groups is 2. The van der Waals surface area contributed by atoms with Crippen molar-refractivity contribution in [2.45, 2.75) is 37.8 Å². The number of hydrogen-bond donors (Lipinski definition) is 2. The lowest BCUT2D eigenvalue weighted by atomic mass is 9.76. The summed E-state index contributed by atoms with van der Waals surface area (Å²) >= 11 is 11.8. The fourth-order valence-corrected chi connectivity index (χ4v) is 4.39. The van der Waals surface area contributed by atoms with Gasteiger partial charge in [0.25, 0.3) is 11.8 Å². The van der Waals surface area contributed by atoms with E-state index in [0.29, 0.717) is 33.8 Å². The van der Waals surface area contributed by atoms with Crippen molar-refractivity contribution in [2.75, 3.05) is 6.61 Å². The minimum absolute atomic E-state index is 0.0156. The van der Waals surface area contributed by atoms with Gasteiger partial charge in [0.15, 0.2) is 6.61 Å². The maximum atomic E-state index is 12.4. The summed E-state index contributed by atoms with van der Waals surface area (Å²) in [5.41, 5.74) is 0.780. The summed E-state index contributed by atoms with van der Waals surface area (Å²) in [6.07, 6.45) is 5.42. The Labute approximate surface area is 178 Å². The average Bonchev–Trinajstić information content (AvgIpc) is 3.16. The lowest BCUT2D eigenvalue weighted by Crippen LogP contribution is -2.53. The number of rotatable bonds is 6. The largest absolute Gasteiger partial charge is 0.484 e. The number of benzene rings is 1. The quantitative estimate of drug-likeness (QED) is 0.728. The van der Waals surface area contributed by atoms with E-state index in [2.05, 4.69) is 20.6 Å². The van der Waals surface area contributed by atoms with Crippen LogP contribution in [0.5, 0.6) is 5.75 Å². The van der Waals surface area contributed by atoms with Gasteiger partial charge in [0.2, 0.25) is 0 Å². The van der Waals surface area contributed by atoms with Gasteiger partial charge in [0, 0.05) is 23.8 Å². The van der Waals surface area contributed by atoms with E-state index in [1.54, 1.807) is 24.4 Å². The third-order valence-corrected chi connectivity index (χ3v) is 6.22. The van der Waals surface area contributed by atoms with E-state index >= 15 is 0 Å². The minimum atomic E-state index is -0.278. The molecule has 2 bridgehead atoms. The zero-order valence-corrected chi connectivity index (χ0v) is 17.3. The Morgan fingerprint density at radius 1 is 1.17 bits per heavy atom. The smallest absolute Gasteiger partial charge is 0.271 e. The number of nitrogens with one attached hydrogen (secondary N) is 2. The Bertz CT molecular complexity index is 945. The highest BCUT2D eigenvalue weighted by atomic mass is 35.5. The zero-order valence-electron chi connectivity index (χ0n) is 15.7. The molecule has 29 heavy (non-hydrogen) atoms. The molecule has 3 saturated carbocycles. The number of halogens is 2. The van der Waals surface area contributed by atoms with Gasteiger partial charge in [-0.3, -0.25) is 14.6 Å². The molecular weight excluding hydrogens is 415 g/mol. The molecule has 0 saturated heterocycles. The summed E-state index contributed by atoms with van der Waals surface area (Å²) < 4.78 is 5.49. The summed E-state index contributed by atoms with van der Waals surface area (Å²) in [4.78, 5) is 32.9. The van der Waals surface area contributed by atoms with Gasteiger partial charge in [-0.05, 0) is 44.2 Å². The second kappa shape index (κ2) is 7.80. The number of amides is 2. The summed E-state index contributed by atoms with van der Waals surface area (Å²) in [5, 5.41) is 6.89. The Hall–Kier alpha value is -2.38. The van der Waals surface area contributed by atoms with Gasteiger partial charge >= 0.3 is 0 Å². The van der Waals surface area contributed by atoms with E-state index in [-0.39, 0.29) is 30.0 Å². The Morgan fingerprint density at radius 2 is 1.97 bits per heavy atom. The molecule has 0 aliphatic heterocycles. The van der Waals surface area contributed by atoms with Crippen LogP contribution in [0.15, 0.2) is 30.6 Å². The van der Waals surface area contributed by atoms with Gasteiger partial charge in [-0.25, -0.2) is 4.98 Å². The minimum Gasteiger partial charge on any atom is -0.484 e. The Morgan fingerprint density at radius 3 is 2.66 bits per heavy atom. The van der Waals surface area contributed by atoms with E-state index in [1.165, 1.54) is 6.20 Å². The summed E-state index contributed by atoms with van der Waals surface area (Å²) in [6.45, 7) is 1.71. The molecule has 7 nitrogen and oxygen atoms in total. The topological polar surface area (TPSA) is 93.2 Å². The normalized spacial score (nSPS) is 24.5. The predicted molar refractivity (Wildman–Crippen MR) is 108 cm³/mol. The van der Waals surface area contributed by atoms with Crippen LogP contribution in [0.3, 0.4) is 0 Å². The molecule has 0 radical (unpaired) electrons. The highest BCUT2D eigenvalue weighted by Gasteiger charge is 2.57. The predicted octanol–water partition coefficient (Wildman–Crippen LogP) is 2.94. The SMILES string of the molecule is Cc1cnc(C(=O)NC2CC3(NC(=O)COc4ccc(Cl)c(Cl)c4)CC2C3)cn1. The summed E-state index contributed by atoms with van der Waals surface area (Å²) in [7, 11) is 0. The second-order valence-electron chi connectivity index (χ2n) is 7.69. The van der Waals surface area contributed by atoms with Gasteiger partial charge in [0.1, 0.15) is 11.4 Å². The molecule has 3 aliphatic rings. The lowest BCUT2D eigenvalue weighted by Gasteiger charge is -2.39. The highest BCUT2D eigenvalue weighted by Crippen LogP contribution is 2.52. The molecule has 3 fully saturated rings. The van der Waals surface area contributed by atoms with Crippen molar-refractivity contribution in [2.24, 2.45) is 5.92 Å². The molecular formula is C20H20Cl2N4O3. The maximum Gasteiger partial charge on any atom is 0.271 e. The van der Waals surface area contributed by atoms with Crippen molar-refractivity contribution >= 4 is 35.0 Å². The first-order chi connectivity index (χ1) is 13.8. The van der Waals surface area contributed by atoms with E-state index < -0.39 is 0 Å². The van der Waals surface area contributed by atoms with Crippen LogP contribution in [-0.2, 0) is 4.79 Å². The van der Waals surface area contributed by atoms with Crippen molar-refractivity contribution in [3.8, 4) is 5.75 Å². The molecule has 1 aromatic carbocycles. The third-order valence-electron chi connectivity index (χ3n) is 5.48. The summed E-state index contributed by atoms with van der Waals surface area (Å²) in [5.74, 6) is 0.397. The van der Waals surface area contributed by atoms with Gasteiger partial charge in [-0.15, -0.1) is 0 Å². The lowest BCUT2D eigenvalue weighted by molar-refractivity contribution is -0.125. The molecule has 1 aromatic heterocycles. The first kappa shape index (κ1) is 19.9. The molecule has 152 valence electrons. The van der Waals surface area contributed by atoms with Crippen LogP contribution in [-0.4, -0.2) is 40.0 Å². The van der Waals surface area contributed by atoms with Gasteiger partial charge < -0.3 is 15.4 Å².